The van der Waals surface area contributed by atoms with Crippen molar-refractivity contribution in [2.24, 2.45) is 0 Å². The van der Waals surface area contributed by atoms with Crippen LogP contribution in [0.5, 0.6) is 0 Å². The Labute approximate surface area is 140 Å². The zero-order valence-corrected chi connectivity index (χ0v) is 13.1. The predicted molar refractivity (Wildman–Crippen MR) is 85.0 cm³/mol. The minimum Gasteiger partial charge on any atom is -0.376 e. The fraction of sp³-hybridized carbons (Fsp3) is 0.133. The second-order valence-electron chi connectivity index (χ2n) is 4.57. The molecule has 0 aliphatic rings. The highest BCUT2D eigenvalue weighted by Crippen LogP contribution is 2.36. The number of anilines is 2. The van der Waals surface area contributed by atoms with Gasteiger partial charge >= 0.3 is 6.18 Å². The number of rotatable bonds is 4. The van der Waals surface area contributed by atoms with Crippen LogP contribution in [0.3, 0.4) is 0 Å². The summed E-state index contributed by atoms with van der Waals surface area (Å²) in [6.07, 6.45) is -4.58. The SMILES string of the molecule is O=C(CNc1ccc(Cl)cc1C(F)(F)F)Nc1ccccc1Cl. The van der Waals surface area contributed by atoms with E-state index >= 15 is 0 Å². The van der Waals surface area contributed by atoms with E-state index in [1.54, 1.807) is 24.3 Å². The van der Waals surface area contributed by atoms with Gasteiger partial charge in [0.05, 0.1) is 22.8 Å². The van der Waals surface area contributed by atoms with Crippen LogP contribution in [0.1, 0.15) is 5.56 Å². The molecule has 23 heavy (non-hydrogen) atoms. The van der Waals surface area contributed by atoms with Crippen molar-refractivity contribution in [3.63, 3.8) is 0 Å². The number of benzene rings is 2. The highest BCUT2D eigenvalue weighted by molar-refractivity contribution is 6.33. The molecule has 122 valence electrons. The molecule has 2 aromatic rings. The van der Waals surface area contributed by atoms with Crippen molar-refractivity contribution in [3.05, 3.63) is 58.1 Å². The van der Waals surface area contributed by atoms with Crippen molar-refractivity contribution < 1.29 is 18.0 Å². The standard InChI is InChI=1S/C15H11Cl2F3N2O/c16-9-5-6-12(10(7-9)15(18,19)20)21-8-14(23)22-13-4-2-1-3-11(13)17/h1-7,21H,8H2,(H,22,23). The van der Waals surface area contributed by atoms with Gasteiger partial charge in [-0.25, -0.2) is 0 Å². The summed E-state index contributed by atoms with van der Waals surface area (Å²) in [5.74, 6) is -0.527. The third-order valence-corrected chi connectivity index (χ3v) is 3.44. The number of amides is 1. The van der Waals surface area contributed by atoms with E-state index < -0.39 is 17.6 Å². The number of carbonyl (C=O) groups is 1. The third-order valence-electron chi connectivity index (χ3n) is 2.87. The first kappa shape index (κ1) is 17.4. The quantitative estimate of drug-likeness (QED) is 0.797. The Morgan fingerprint density at radius 1 is 1.04 bits per heavy atom. The molecule has 1 amide bonds. The molecule has 0 fully saturated rings. The number of hydrogen-bond acceptors (Lipinski definition) is 2. The summed E-state index contributed by atoms with van der Waals surface area (Å²) in [6.45, 7) is -0.351. The van der Waals surface area contributed by atoms with E-state index in [1.165, 1.54) is 12.1 Å². The Balaban J connectivity index is 2.06. The lowest BCUT2D eigenvalue weighted by molar-refractivity contribution is -0.137. The molecule has 0 bridgehead atoms. The molecule has 0 atom stereocenters. The van der Waals surface area contributed by atoms with Gasteiger partial charge in [-0.15, -0.1) is 0 Å². The van der Waals surface area contributed by atoms with Gasteiger partial charge in [0.25, 0.3) is 0 Å². The van der Waals surface area contributed by atoms with Gasteiger partial charge in [0.1, 0.15) is 0 Å². The molecule has 3 nitrogen and oxygen atoms in total. The maximum Gasteiger partial charge on any atom is 0.418 e. The summed E-state index contributed by atoms with van der Waals surface area (Å²) >= 11 is 11.5. The van der Waals surface area contributed by atoms with Gasteiger partial charge in [-0.3, -0.25) is 4.79 Å². The van der Waals surface area contributed by atoms with Gasteiger partial charge in [0.15, 0.2) is 0 Å². The molecule has 8 heteroatoms. The monoisotopic (exact) mass is 362 g/mol. The van der Waals surface area contributed by atoms with Crippen molar-refractivity contribution in [1.82, 2.24) is 0 Å². The molecule has 0 spiro atoms. The Morgan fingerprint density at radius 2 is 1.74 bits per heavy atom. The summed E-state index contributed by atoms with van der Waals surface area (Å²) in [5.41, 5.74) is -0.778. The van der Waals surface area contributed by atoms with Crippen LogP contribution in [0.2, 0.25) is 10.0 Å². The average molecular weight is 363 g/mol. The highest BCUT2D eigenvalue weighted by Gasteiger charge is 2.33. The smallest absolute Gasteiger partial charge is 0.376 e. The summed E-state index contributed by atoms with van der Waals surface area (Å²) in [6, 6.07) is 9.83. The topological polar surface area (TPSA) is 41.1 Å². The first-order valence-electron chi connectivity index (χ1n) is 6.42. The molecule has 0 aliphatic carbocycles. The van der Waals surface area contributed by atoms with Crippen LogP contribution in [0.15, 0.2) is 42.5 Å². The normalized spacial score (nSPS) is 11.2. The maximum absolute atomic E-state index is 12.9. The number of halogens is 5. The fourth-order valence-electron chi connectivity index (χ4n) is 1.84. The Morgan fingerprint density at radius 3 is 2.39 bits per heavy atom. The fourth-order valence-corrected chi connectivity index (χ4v) is 2.19. The summed E-state index contributed by atoms with van der Waals surface area (Å²) in [5, 5.41) is 5.26. The van der Waals surface area contributed by atoms with E-state index in [1.807, 2.05) is 0 Å². The van der Waals surface area contributed by atoms with Crippen molar-refractivity contribution in [1.29, 1.82) is 0 Å². The van der Waals surface area contributed by atoms with Crippen molar-refractivity contribution in [3.8, 4) is 0 Å². The lowest BCUT2D eigenvalue weighted by Gasteiger charge is -2.15. The summed E-state index contributed by atoms with van der Waals surface area (Å²) in [4.78, 5) is 11.8. The highest BCUT2D eigenvalue weighted by atomic mass is 35.5. The molecule has 0 radical (unpaired) electrons. The molecule has 0 unspecified atom stereocenters. The molecule has 2 rings (SSSR count). The van der Waals surface area contributed by atoms with E-state index in [0.717, 1.165) is 6.07 Å². The second kappa shape index (κ2) is 7.10. The van der Waals surface area contributed by atoms with Crippen LogP contribution in [0.25, 0.3) is 0 Å². The third kappa shape index (κ3) is 4.77. The van der Waals surface area contributed by atoms with Gasteiger partial charge in [0.2, 0.25) is 5.91 Å². The lowest BCUT2D eigenvalue weighted by atomic mass is 10.1. The Kier molecular flexibility index (Phi) is 5.38. The summed E-state index contributed by atoms with van der Waals surface area (Å²) < 4.78 is 38.8. The van der Waals surface area contributed by atoms with E-state index in [4.69, 9.17) is 23.2 Å². The van der Waals surface area contributed by atoms with Crippen LogP contribution in [0.4, 0.5) is 24.5 Å². The first-order valence-corrected chi connectivity index (χ1v) is 7.18. The number of alkyl halides is 3. The molecule has 0 aliphatic heterocycles. The van der Waals surface area contributed by atoms with Gasteiger partial charge in [-0.1, -0.05) is 35.3 Å². The average Bonchev–Trinajstić information content (AvgIpc) is 2.47. The Hall–Kier alpha value is -1.92. The predicted octanol–water partition coefficient (Wildman–Crippen LogP) is 5.06. The molecular weight excluding hydrogens is 352 g/mol. The number of nitrogens with one attached hydrogen (secondary N) is 2. The Bertz CT molecular complexity index is 720. The van der Waals surface area contributed by atoms with Crippen LogP contribution < -0.4 is 10.6 Å². The second-order valence-corrected chi connectivity index (χ2v) is 5.41. The van der Waals surface area contributed by atoms with Crippen molar-refractivity contribution in [2.75, 3.05) is 17.2 Å². The van der Waals surface area contributed by atoms with Crippen LogP contribution in [0, 0.1) is 0 Å². The van der Waals surface area contributed by atoms with Gasteiger partial charge in [0, 0.05) is 10.7 Å². The maximum atomic E-state index is 12.9. The molecule has 2 N–H and O–H groups in total. The van der Waals surface area contributed by atoms with Gasteiger partial charge in [-0.05, 0) is 30.3 Å². The summed E-state index contributed by atoms with van der Waals surface area (Å²) in [7, 11) is 0. The lowest BCUT2D eigenvalue weighted by Crippen LogP contribution is -2.23. The van der Waals surface area contributed by atoms with E-state index in [-0.39, 0.29) is 17.3 Å². The molecule has 0 saturated carbocycles. The van der Waals surface area contributed by atoms with Crippen molar-refractivity contribution in [2.45, 2.75) is 6.18 Å². The van der Waals surface area contributed by atoms with E-state index in [0.29, 0.717) is 10.7 Å². The minimum atomic E-state index is -4.58. The number of carbonyl (C=O) groups excluding carboxylic acids is 1. The van der Waals surface area contributed by atoms with Crippen LogP contribution >= 0.6 is 23.2 Å². The molecule has 0 saturated heterocycles. The molecular formula is C15H11Cl2F3N2O. The largest absolute Gasteiger partial charge is 0.418 e. The van der Waals surface area contributed by atoms with Crippen molar-refractivity contribution >= 4 is 40.5 Å². The number of hydrogen-bond donors (Lipinski definition) is 2. The molecule has 0 heterocycles. The zero-order chi connectivity index (χ0) is 17.0. The molecule has 0 aromatic heterocycles. The number of para-hydroxylation sites is 1. The van der Waals surface area contributed by atoms with Gasteiger partial charge in [-0.2, -0.15) is 13.2 Å². The first-order chi connectivity index (χ1) is 10.8. The van der Waals surface area contributed by atoms with Crippen LogP contribution in [-0.4, -0.2) is 12.5 Å². The minimum absolute atomic E-state index is 0.0385. The van der Waals surface area contributed by atoms with E-state index in [2.05, 4.69) is 10.6 Å². The molecule has 2 aromatic carbocycles. The zero-order valence-electron chi connectivity index (χ0n) is 11.5. The van der Waals surface area contributed by atoms with Crippen LogP contribution in [-0.2, 0) is 11.0 Å². The van der Waals surface area contributed by atoms with E-state index in [9.17, 15) is 18.0 Å². The van der Waals surface area contributed by atoms with Gasteiger partial charge < -0.3 is 10.6 Å².